The molecule has 1 aliphatic rings. The van der Waals surface area contributed by atoms with Crippen LogP contribution in [-0.4, -0.2) is 5.11 Å². The van der Waals surface area contributed by atoms with E-state index in [1.165, 1.54) is 24.3 Å². The Morgan fingerprint density at radius 2 is 1.90 bits per heavy atom. The predicted octanol–water partition coefficient (Wildman–Crippen LogP) is 2.75. The Labute approximate surface area is 120 Å². The summed E-state index contributed by atoms with van der Waals surface area (Å²) in [7, 11) is 0. The third-order valence-corrected chi connectivity index (χ3v) is 3.41. The zero-order valence-corrected chi connectivity index (χ0v) is 10.9. The van der Waals surface area contributed by atoms with Gasteiger partial charge in [0.15, 0.2) is 0 Å². The maximum Gasteiger partial charge on any atom is 0.205 e. The molecule has 1 aliphatic heterocycles. The van der Waals surface area contributed by atoms with Crippen molar-refractivity contribution in [2.75, 3.05) is 0 Å². The summed E-state index contributed by atoms with van der Waals surface area (Å²) < 4.78 is 18.5. The van der Waals surface area contributed by atoms with Crippen LogP contribution in [0.2, 0.25) is 0 Å². The van der Waals surface area contributed by atoms with Crippen LogP contribution in [0.5, 0.6) is 11.5 Å². The van der Waals surface area contributed by atoms with Gasteiger partial charge in [-0.1, -0.05) is 18.2 Å². The van der Waals surface area contributed by atoms with E-state index in [0.29, 0.717) is 11.3 Å². The number of aromatic hydroxyl groups is 1. The summed E-state index contributed by atoms with van der Waals surface area (Å²) in [6, 6.07) is 12.5. The van der Waals surface area contributed by atoms with Crippen molar-refractivity contribution in [3.8, 4) is 17.6 Å². The normalized spacial score (nSPS) is 16.9. The van der Waals surface area contributed by atoms with Gasteiger partial charge in [-0.25, -0.2) is 4.39 Å². The SMILES string of the molecule is N#CC1=C(N)Oc2cc(O)ccc2[C@H]1c1ccc(F)cc1. The number of allylic oxidation sites excluding steroid dienone is 1. The molecule has 0 bridgehead atoms. The van der Waals surface area contributed by atoms with Gasteiger partial charge in [-0.2, -0.15) is 5.26 Å². The van der Waals surface area contributed by atoms with E-state index in [4.69, 9.17) is 10.5 Å². The standard InChI is InChI=1S/C16H11FN2O2/c17-10-3-1-9(2-4-10)15-12-6-5-11(20)7-14(12)21-16(19)13(15)8-18/h1-7,15,20H,19H2/t15-/m1/s1. The van der Waals surface area contributed by atoms with Gasteiger partial charge in [0.05, 0.1) is 5.92 Å². The van der Waals surface area contributed by atoms with Crippen molar-refractivity contribution in [3.63, 3.8) is 0 Å². The number of hydrogen-bond acceptors (Lipinski definition) is 4. The van der Waals surface area contributed by atoms with Gasteiger partial charge in [0.25, 0.3) is 0 Å². The Morgan fingerprint density at radius 3 is 2.57 bits per heavy atom. The van der Waals surface area contributed by atoms with E-state index in [2.05, 4.69) is 0 Å². The molecule has 21 heavy (non-hydrogen) atoms. The van der Waals surface area contributed by atoms with Crippen LogP contribution in [-0.2, 0) is 0 Å². The Morgan fingerprint density at radius 1 is 1.19 bits per heavy atom. The molecule has 3 N–H and O–H groups in total. The summed E-state index contributed by atoms with van der Waals surface area (Å²) in [6.07, 6.45) is 0. The van der Waals surface area contributed by atoms with Crippen molar-refractivity contribution in [2.45, 2.75) is 5.92 Å². The highest BCUT2D eigenvalue weighted by Crippen LogP contribution is 2.43. The highest BCUT2D eigenvalue weighted by molar-refractivity contribution is 5.56. The highest BCUT2D eigenvalue weighted by atomic mass is 19.1. The minimum atomic E-state index is -0.444. The first-order valence-corrected chi connectivity index (χ1v) is 6.26. The lowest BCUT2D eigenvalue weighted by Gasteiger charge is -2.26. The summed E-state index contributed by atoms with van der Waals surface area (Å²) in [5.41, 5.74) is 7.48. The van der Waals surface area contributed by atoms with Crippen LogP contribution >= 0.6 is 0 Å². The van der Waals surface area contributed by atoms with Crippen molar-refractivity contribution < 1.29 is 14.2 Å². The van der Waals surface area contributed by atoms with Gasteiger partial charge in [-0.15, -0.1) is 0 Å². The quantitative estimate of drug-likeness (QED) is 0.843. The van der Waals surface area contributed by atoms with Crippen LogP contribution in [0.1, 0.15) is 17.0 Å². The maximum atomic E-state index is 13.1. The fraction of sp³-hybridized carbons (Fsp3) is 0.0625. The molecule has 0 aliphatic carbocycles. The molecule has 3 rings (SSSR count). The van der Waals surface area contributed by atoms with Crippen molar-refractivity contribution in [2.24, 2.45) is 5.73 Å². The van der Waals surface area contributed by atoms with Crippen LogP contribution in [0.3, 0.4) is 0 Å². The average molecular weight is 282 g/mol. The van der Waals surface area contributed by atoms with Gasteiger partial charge in [0.1, 0.15) is 29.0 Å². The van der Waals surface area contributed by atoms with E-state index >= 15 is 0 Å². The number of fused-ring (bicyclic) bond motifs is 1. The average Bonchev–Trinajstić information content (AvgIpc) is 2.46. The number of benzene rings is 2. The van der Waals surface area contributed by atoms with Crippen LogP contribution in [0.25, 0.3) is 0 Å². The van der Waals surface area contributed by atoms with Crippen molar-refractivity contribution in [1.29, 1.82) is 5.26 Å². The highest BCUT2D eigenvalue weighted by Gasteiger charge is 2.30. The van der Waals surface area contributed by atoms with E-state index in [1.807, 2.05) is 6.07 Å². The molecule has 1 heterocycles. The van der Waals surface area contributed by atoms with Crippen molar-refractivity contribution in [1.82, 2.24) is 0 Å². The van der Waals surface area contributed by atoms with Gasteiger partial charge < -0.3 is 15.6 Å². The maximum absolute atomic E-state index is 13.1. The summed E-state index contributed by atoms with van der Waals surface area (Å²) in [6.45, 7) is 0. The molecule has 5 heteroatoms. The number of halogens is 1. The molecule has 104 valence electrons. The van der Waals surface area contributed by atoms with Crippen molar-refractivity contribution >= 4 is 0 Å². The molecule has 0 spiro atoms. The van der Waals surface area contributed by atoms with Crippen LogP contribution in [0.15, 0.2) is 53.9 Å². The second-order valence-electron chi connectivity index (χ2n) is 4.70. The second-order valence-corrected chi connectivity index (χ2v) is 4.70. The van der Waals surface area contributed by atoms with Crippen LogP contribution < -0.4 is 10.5 Å². The van der Waals surface area contributed by atoms with Gasteiger partial charge in [-0.3, -0.25) is 0 Å². The first-order valence-electron chi connectivity index (χ1n) is 6.26. The summed E-state index contributed by atoms with van der Waals surface area (Å²) >= 11 is 0. The van der Waals surface area contributed by atoms with E-state index < -0.39 is 5.92 Å². The van der Waals surface area contributed by atoms with Gasteiger partial charge in [0, 0.05) is 11.6 Å². The number of nitrogens with two attached hydrogens (primary N) is 1. The number of hydrogen-bond donors (Lipinski definition) is 2. The molecule has 0 amide bonds. The first kappa shape index (κ1) is 13.0. The Bertz CT molecular complexity index is 776. The molecule has 0 fully saturated rings. The summed E-state index contributed by atoms with van der Waals surface area (Å²) in [4.78, 5) is 0. The monoisotopic (exact) mass is 282 g/mol. The van der Waals surface area contributed by atoms with E-state index in [9.17, 15) is 14.8 Å². The predicted molar refractivity (Wildman–Crippen MR) is 73.8 cm³/mol. The number of nitriles is 1. The molecule has 4 nitrogen and oxygen atoms in total. The molecular weight excluding hydrogens is 271 g/mol. The van der Waals surface area contributed by atoms with Crippen molar-refractivity contribution in [3.05, 3.63) is 70.9 Å². The van der Waals surface area contributed by atoms with Gasteiger partial charge in [0.2, 0.25) is 5.88 Å². The number of ether oxygens (including phenoxy) is 1. The van der Waals surface area contributed by atoms with E-state index in [0.717, 1.165) is 5.56 Å². The lowest BCUT2D eigenvalue weighted by Crippen LogP contribution is -2.20. The van der Waals surface area contributed by atoms with Crippen LogP contribution in [0.4, 0.5) is 4.39 Å². The Hall–Kier alpha value is -3.00. The fourth-order valence-electron chi connectivity index (χ4n) is 2.44. The Balaban J connectivity index is 2.21. The summed E-state index contributed by atoms with van der Waals surface area (Å²) in [5, 5.41) is 18.9. The lowest BCUT2D eigenvalue weighted by atomic mass is 9.83. The topological polar surface area (TPSA) is 79.3 Å². The van der Waals surface area contributed by atoms with E-state index in [-0.39, 0.29) is 23.0 Å². The second kappa shape index (κ2) is 4.84. The molecule has 2 aromatic rings. The molecule has 2 aromatic carbocycles. The number of nitrogens with zero attached hydrogens (tertiary/aromatic N) is 1. The lowest BCUT2D eigenvalue weighted by molar-refractivity contribution is 0.388. The number of phenolic OH excluding ortho intramolecular Hbond substituents is 1. The van der Waals surface area contributed by atoms with Crippen LogP contribution in [0, 0.1) is 17.1 Å². The third kappa shape index (κ3) is 2.17. The third-order valence-electron chi connectivity index (χ3n) is 3.41. The molecule has 0 saturated carbocycles. The number of rotatable bonds is 1. The number of phenols is 1. The minimum absolute atomic E-state index is 0.00933. The zero-order valence-electron chi connectivity index (χ0n) is 10.9. The van der Waals surface area contributed by atoms with Gasteiger partial charge in [-0.05, 0) is 23.8 Å². The fourth-order valence-corrected chi connectivity index (χ4v) is 2.44. The van der Waals surface area contributed by atoms with E-state index in [1.54, 1.807) is 18.2 Å². The largest absolute Gasteiger partial charge is 0.508 e. The molecular formula is C16H11FN2O2. The van der Waals surface area contributed by atoms with Gasteiger partial charge >= 0.3 is 0 Å². The smallest absolute Gasteiger partial charge is 0.205 e. The zero-order chi connectivity index (χ0) is 15.0. The molecule has 0 aromatic heterocycles. The Kier molecular flexibility index (Phi) is 2.99. The molecule has 1 atom stereocenters. The first-order chi connectivity index (χ1) is 10.1. The molecule has 0 unspecified atom stereocenters. The molecule has 0 saturated heterocycles. The summed E-state index contributed by atoms with van der Waals surface area (Å²) in [5.74, 6) is -0.377. The molecule has 0 radical (unpaired) electrons. The minimum Gasteiger partial charge on any atom is -0.508 e.